The molecule has 168 valence electrons. The van der Waals surface area contributed by atoms with Gasteiger partial charge in [-0.15, -0.1) is 10.2 Å². The maximum atomic E-state index is 12.6. The molecule has 0 bridgehead atoms. The molecule has 8 nitrogen and oxygen atoms in total. The van der Waals surface area contributed by atoms with Gasteiger partial charge in [0.2, 0.25) is 21.8 Å². The molecule has 4 rings (SSSR count). The lowest BCUT2D eigenvalue weighted by molar-refractivity contribution is -0.115. The Labute approximate surface area is 191 Å². The Morgan fingerprint density at radius 1 is 1.09 bits per heavy atom. The summed E-state index contributed by atoms with van der Waals surface area (Å²) in [5, 5.41) is 10.7. The van der Waals surface area contributed by atoms with Gasteiger partial charge in [-0.05, 0) is 49.6 Å². The number of aromatic nitrogens is 2. The lowest BCUT2D eigenvalue weighted by Crippen LogP contribution is -2.27. The summed E-state index contributed by atoms with van der Waals surface area (Å²) in [5.74, 6) is 0.245. The molecule has 1 amide bonds. The summed E-state index contributed by atoms with van der Waals surface area (Å²) in [4.78, 5) is 12.8. The van der Waals surface area contributed by atoms with Crippen LogP contribution in [0, 0.1) is 0 Å². The second-order valence-electron chi connectivity index (χ2n) is 7.51. The first-order valence-electron chi connectivity index (χ1n) is 10.4. The third kappa shape index (κ3) is 5.37. The van der Waals surface area contributed by atoms with Gasteiger partial charge in [-0.25, -0.2) is 8.42 Å². The van der Waals surface area contributed by atoms with Gasteiger partial charge in [0.1, 0.15) is 0 Å². The van der Waals surface area contributed by atoms with Gasteiger partial charge in [0.25, 0.3) is 5.22 Å². The number of sulfonamides is 1. The Balaban J connectivity index is 1.33. The van der Waals surface area contributed by atoms with Gasteiger partial charge in [0, 0.05) is 18.8 Å². The van der Waals surface area contributed by atoms with Crippen molar-refractivity contribution in [1.29, 1.82) is 0 Å². The fourth-order valence-electron chi connectivity index (χ4n) is 3.36. The Morgan fingerprint density at radius 3 is 2.47 bits per heavy atom. The fourth-order valence-corrected chi connectivity index (χ4v) is 5.58. The van der Waals surface area contributed by atoms with Crippen molar-refractivity contribution in [3.05, 3.63) is 66.1 Å². The van der Waals surface area contributed by atoms with E-state index in [9.17, 15) is 13.2 Å². The molecular formula is C22H24N4O4S2. The number of anilines is 1. The topological polar surface area (TPSA) is 105 Å². The zero-order valence-corrected chi connectivity index (χ0v) is 19.2. The molecule has 1 N–H and O–H groups in total. The number of nitrogens with zero attached hydrogens (tertiary/aromatic N) is 3. The molecule has 1 aliphatic heterocycles. The van der Waals surface area contributed by atoms with Crippen LogP contribution >= 0.6 is 11.8 Å². The summed E-state index contributed by atoms with van der Waals surface area (Å²) >= 11 is 1.17. The standard InChI is InChI=1S/C22H24N4O4S2/c1-16(31-22-25-24-20(30-22)15-17-7-3-2-4-8-17)21(27)23-18-9-11-19(12-10-18)32(28,29)26-13-5-6-14-26/h2-4,7-12,16H,5-6,13-15H2,1H3,(H,23,27). The van der Waals surface area contributed by atoms with Gasteiger partial charge in [-0.1, -0.05) is 42.1 Å². The Hall–Kier alpha value is -2.69. The van der Waals surface area contributed by atoms with E-state index in [0.717, 1.165) is 18.4 Å². The Kier molecular flexibility index (Phi) is 6.92. The zero-order valence-electron chi connectivity index (χ0n) is 17.6. The average Bonchev–Trinajstić information content (AvgIpc) is 3.48. The summed E-state index contributed by atoms with van der Waals surface area (Å²) < 4.78 is 32.4. The molecule has 1 aliphatic rings. The molecule has 0 spiro atoms. The quantitative estimate of drug-likeness (QED) is 0.500. The minimum absolute atomic E-state index is 0.233. The van der Waals surface area contributed by atoms with Crippen LogP contribution in [0.1, 0.15) is 31.2 Å². The Morgan fingerprint density at radius 2 is 1.78 bits per heavy atom. The molecule has 1 atom stereocenters. The van der Waals surface area contributed by atoms with Crippen LogP contribution in [0.4, 0.5) is 5.69 Å². The highest BCUT2D eigenvalue weighted by atomic mass is 32.2. The highest BCUT2D eigenvalue weighted by Gasteiger charge is 2.27. The highest BCUT2D eigenvalue weighted by molar-refractivity contribution is 8.00. The number of rotatable bonds is 8. The van der Waals surface area contributed by atoms with Gasteiger partial charge in [-0.2, -0.15) is 4.31 Å². The second-order valence-corrected chi connectivity index (χ2v) is 10.7. The van der Waals surface area contributed by atoms with Crippen molar-refractivity contribution >= 4 is 33.4 Å². The normalized spacial score (nSPS) is 15.5. The number of nitrogens with one attached hydrogen (secondary N) is 1. The van der Waals surface area contributed by atoms with Gasteiger partial charge in [0.15, 0.2) is 0 Å². The van der Waals surface area contributed by atoms with Crippen molar-refractivity contribution in [1.82, 2.24) is 14.5 Å². The van der Waals surface area contributed by atoms with E-state index in [4.69, 9.17) is 4.42 Å². The van der Waals surface area contributed by atoms with E-state index < -0.39 is 15.3 Å². The van der Waals surface area contributed by atoms with Crippen LogP contribution in [-0.2, 0) is 21.2 Å². The molecule has 0 aliphatic carbocycles. The molecule has 1 unspecified atom stereocenters. The van der Waals surface area contributed by atoms with E-state index in [0.29, 0.717) is 36.3 Å². The predicted octanol–water partition coefficient (Wildman–Crippen LogP) is 3.56. The molecular weight excluding hydrogens is 448 g/mol. The maximum absolute atomic E-state index is 12.6. The number of hydrogen-bond acceptors (Lipinski definition) is 7. The number of carbonyl (C=O) groups excluding carboxylic acids is 1. The van der Waals surface area contributed by atoms with Crippen molar-refractivity contribution in [2.24, 2.45) is 0 Å². The van der Waals surface area contributed by atoms with Crippen molar-refractivity contribution in [2.75, 3.05) is 18.4 Å². The number of hydrogen-bond donors (Lipinski definition) is 1. The minimum atomic E-state index is -3.47. The molecule has 0 saturated carbocycles. The van der Waals surface area contributed by atoms with E-state index in [1.54, 1.807) is 19.1 Å². The minimum Gasteiger partial charge on any atom is -0.416 e. The molecule has 1 aromatic heterocycles. The van der Waals surface area contributed by atoms with Crippen molar-refractivity contribution in [3.63, 3.8) is 0 Å². The van der Waals surface area contributed by atoms with Crippen LogP contribution in [0.15, 0.2) is 69.1 Å². The third-order valence-corrected chi connectivity index (χ3v) is 7.97. The lowest BCUT2D eigenvalue weighted by atomic mass is 10.2. The monoisotopic (exact) mass is 472 g/mol. The van der Waals surface area contributed by atoms with Crippen molar-refractivity contribution in [3.8, 4) is 0 Å². The zero-order chi connectivity index (χ0) is 22.6. The summed E-state index contributed by atoms with van der Waals surface area (Å²) in [7, 11) is -3.47. The van der Waals surface area contributed by atoms with Gasteiger partial charge >= 0.3 is 0 Å². The number of amides is 1. The summed E-state index contributed by atoms with van der Waals surface area (Å²) in [5.41, 5.74) is 1.59. The molecule has 10 heteroatoms. The highest BCUT2D eigenvalue weighted by Crippen LogP contribution is 2.25. The molecule has 32 heavy (non-hydrogen) atoms. The van der Waals surface area contributed by atoms with Gasteiger partial charge in [0.05, 0.1) is 16.6 Å². The number of benzene rings is 2. The van der Waals surface area contributed by atoms with Crippen molar-refractivity contribution < 1.29 is 17.6 Å². The third-order valence-electron chi connectivity index (χ3n) is 5.12. The van der Waals surface area contributed by atoms with Crippen LogP contribution < -0.4 is 5.32 Å². The molecule has 3 aromatic rings. The molecule has 2 aromatic carbocycles. The van der Waals surface area contributed by atoms with Crippen LogP contribution in [0.3, 0.4) is 0 Å². The smallest absolute Gasteiger partial charge is 0.277 e. The average molecular weight is 473 g/mol. The molecule has 2 heterocycles. The summed E-state index contributed by atoms with van der Waals surface area (Å²) in [6.45, 7) is 2.85. The first-order chi connectivity index (χ1) is 15.4. The van der Waals surface area contributed by atoms with E-state index in [1.807, 2.05) is 30.3 Å². The van der Waals surface area contributed by atoms with E-state index in [1.165, 1.54) is 28.2 Å². The number of carbonyl (C=O) groups is 1. The number of thioether (sulfide) groups is 1. The van der Waals surface area contributed by atoms with E-state index >= 15 is 0 Å². The fraction of sp³-hybridized carbons (Fsp3) is 0.318. The molecule has 1 saturated heterocycles. The van der Waals surface area contributed by atoms with Gasteiger partial charge < -0.3 is 9.73 Å². The van der Waals surface area contributed by atoms with Crippen LogP contribution in [0.5, 0.6) is 0 Å². The largest absolute Gasteiger partial charge is 0.416 e. The lowest BCUT2D eigenvalue weighted by Gasteiger charge is -2.16. The second kappa shape index (κ2) is 9.85. The van der Waals surface area contributed by atoms with Crippen LogP contribution in [0.25, 0.3) is 0 Å². The first-order valence-corrected chi connectivity index (χ1v) is 12.7. The van der Waals surface area contributed by atoms with Gasteiger partial charge in [-0.3, -0.25) is 4.79 Å². The first kappa shape index (κ1) is 22.5. The maximum Gasteiger partial charge on any atom is 0.277 e. The molecule has 1 fully saturated rings. The SMILES string of the molecule is CC(Sc1nnc(Cc2ccccc2)o1)C(=O)Nc1ccc(S(=O)(=O)N2CCCC2)cc1. The van der Waals surface area contributed by atoms with Crippen LogP contribution in [-0.4, -0.2) is 47.2 Å². The van der Waals surface area contributed by atoms with E-state index in [-0.39, 0.29) is 10.8 Å². The summed E-state index contributed by atoms with van der Waals surface area (Å²) in [6, 6.07) is 16.0. The predicted molar refractivity (Wildman–Crippen MR) is 122 cm³/mol. The van der Waals surface area contributed by atoms with E-state index in [2.05, 4.69) is 15.5 Å². The summed E-state index contributed by atoms with van der Waals surface area (Å²) in [6.07, 6.45) is 2.30. The Bertz CT molecular complexity index is 1160. The van der Waals surface area contributed by atoms with Crippen molar-refractivity contribution in [2.45, 2.75) is 41.6 Å². The van der Waals surface area contributed by atoms with Crippen LogP contribution in [0.2, 0.25) is 0 Å². The molecule has 0 radical (unpaired) electrons.